The van der Waals surface area contributed by atoms with Crippen LogP contribution in [0.2, 0.25) is 0 Å². The molecule has 1 aliphatic heterocycles. The molecule has 0 saturated carbocycles. The van der Waals surface area contributed by atoms with Gasteiger partial charge in [-0.25, -0.2) is 9.97 Å². The number of nitrogens with zero attached hydrogens (tertiary/aromatic N) is 5. The van der Waals surface area contributed by atoms with Crippen molar-refractivity contribution in [1.82, 2.24) is 24.8 Å². The Morgan fingerprint density at radius 3 is 2.71 bits per heavy atom. The van der Waals surface area contributed by atoms with E-state index in [1.165, 1.54) is 5.56 Å². The fraction of sp³-hybridized carbons (Fsp3) is 0.222. The van der Waals surface area contributed by atoms with Crippen LogP contribution in [0.25, 0.3) is 11.4 Å². The third-order valence-corrected chi connectivity index (χ3v) is 4.59. The Morgan fingerprint density at radius 2 is 1.92 bits per heavy atom. The van der Waals surface area contributed by atoms with Crippen LogP contribution in [0.15, 0.2) is 53.5 Å². The van der Waals surface area contributed by atoms with Gasteiger partial charge in [-0.2, -0.15) is 0 Å². The Bertz CT molecular complexity index is 836. The zero-order valence-corrected chi connectivity index (χ0v) is 14.6. The summed E-state index contributed by atoms with van der Waals surface area (Å²) >= 11 is 3.42. The van der Waals surface area contributed by atoms with Crippen molar-refractivity contribution in [2.45, 2.75) is 19.5 Å². The van der Waals surface area contributed by atoms with Crippen LogP contribution in [0.5, 0.6) is 0 Å². The van der Waals surface area contributed by atoms with Gasteiger partial charge in [0.2, 0.25) is 0 Å². The molecular weight excluding hydrogens is 366 g/mol. The van der Waals surface area contributed by atoms with E-state index in [4.69, 9.17) is 4.98 Å². The summed E-state index contributed by atoms with van der Waals surface area (Å²) in [4.78, 5) is 20.2. The van der Waals surface area contributed by atoms with Gasteiger partial charge in [0.15, 0.2) is 5.82 Å². The summed E-state index contributed by atoms with van der Waals surface area (Å²) in [6.07, 6.45) is 8.28. The van der Waals surface area contributed by atoms with Crippen molar-refractivity contribution in [3.05, 3.63) is 70.5 Å². The maximum atomic E-state index is 4.75. The summed E-state index contributed by atoms with van der Waals surface area (Å²) < 4.78 is 1.01. The van der Waals surface area contributed by atoms with Gasteiger partial charge >= 0.3 is 0 Å². The second kappa shape index (κ2) is 6.75. The van der Waals surface area contributed by atoms with Crippen molar-refractivity contribution in [2.75, 3.05) is 6.54 Å². The van der Waals surface area contributed by atoms with Gasteiger partial charge in [0, 0.05) is 66.4 Å². The quantitative estimate of drug-likeness (QED) is 0.696. The standard InChI is InChI=1S/C18H16BrN5/c19-15-1-2-16(21-10-15)12-24-8-5-17-14(11-24)9-22-18(23-17)13-3-6-20-7-4-13/h1-4,6-7,9-10H,5,8,11-12H2. The van der Waals surface area contributed by atoms with E-state index >= 15 is 0 Å². The zero-order valence-electron chi connectivity index (χ0n) is 13.1. The molecule has 0 aliphatic carbocycles. The first kappa shape index (κ1) is 15.4. The Labute approximate surface area is 149 Å². The minimum absolute atomic E-state index is 0.777. The van der Waals surface area contributed by atoms with E-state index < -0.39 is 0 Å². The van der Waals surface area contributed by atoms with Gasteiger partial charge in [0.05, 0.1) is 11.4 Å². The lowest BCUT2D eigenvalue weighted by Crippen LogP contribution is -2.31. The van der Waals surface area contributed by atoms with Crippen molar-refractivity contribution in [2.24, 2.45) is 0 Å². The Balaban J connectivity index is 1.50. The second-order valence-electron chi connectivity index (χ2n) is 5.83. The number of pyridine rings is 2. The molecule has 0 bridgehead atoms. The van der Waals surface area contributed by atoms with E-state index in [0.717, 1.165) is 53.3 Å². The maximum absolute atomic E-state index is 4.75. The molecule has 3 aromatic heterocycles. The molecule has 0 radical (unpaired) electrons. The van der Waals surface area contributed by atoms with Crippen LogP contribution in [0, 0.1) is 0 Å². The molecule has 0 saturated heterocycles. The van der Waals surface area contributed by atoms with Crippen LogP contribution in [0.1, 0.15) is 17.0 Å². The van der Waals surface area contributed by atoms with Crippen molar-refractivity contribution in [3.63, 3.8) is 0 Å². The van der Waals surface area contributed by atoms with Crippen LogP contribution in [-0.2, 0) is 19.5 Å². The van der Waals surface area contributed by atoms with Crippen LogP contribution in [-0.4, -0.2) is 31.4 Å². The van der Waals surface area contributed by atoms with Gasteiger partial charge in [-0.15, -0.1) is 0 Å². The second-order valence-corrected chi connectivity index (χ2v) is 6.75. The molecule has 24 heavy (non-hydrogen) atoms. The monoisotopic (exact) mass is 381 g/mol. The molecule has 0 N–H and O–H groups in total. The number of hydrogen-bond acceptors (Lipinski definition) is 5. The summed E-state index contributed by atoms with van der Waals surface area (Å²) in [5, 5.41) is 0. The molecule has 5 nitrogen and oxygen atoms in total. The van der Waals surface area contributed by atoms with Gasteiger partial charge < -0.3 is 0 Å². The lowest BCUT2D eigenvalue weighted by atomic mass is 10.1. The highest BCUT2D eigenvalue weighted by atomic mass is 79.9. The summed E-state index contributed by atoms with van der Waals surface area (Å²) in [7, 11) is 0. The number of hydrogen-bond donors (Lipinski definition) is 0. The highest BCUT2D eigenvalue weighted by Crippen LogP contribution is 2.21. The molecule has 0 unspecified atom stereocenters. The molecule has 0 spiro atoms. The highest BCUT2D eigenvalue weighted by molar-refractivity contribution is 9.10. The van der Waals surface area contributed by atoms with Crippen molar-refractivity contribution >= 4 is 15.9 Å². The Kier molecular flexibility index (Phi) is 4.32. The molecule has 120 valence electrons. The molecule has 0 amide bonds. The first-order chi connectivity index (χ1) is 11.8. The lowest BCUT2D eigenvalue weighted by Gasteiger charge is -2.27. The van der Waals surface area contributed by atoms with E-state index in [2.05, 4.69) is 41.8 Å². The largest absolute Gasteiger partial charge is 0.293 e. The topological polar surface area (TPSA) is 54.8 Å². The van der Waals surface area contributed by atoms with Crippen molar-refractivity contribution in [1.29, 1.82) is 0 Å². The molecule has 1 aliphatic rings. The summed E-state index contributed by atoms with van der Waals surface area (Å²) in [6.45, 7) is 2.69. The zero-order chi connectivity index (χ0) is 16.4. The van der Waals surface area contributed by atoms with Crippen LogP contribution in [0.4, 0.5) is 0 Å². The third kappa shape index (κ3) is 3.34. The SMILES string of the molecule is Brc1ccc(CN2CCc3nc(-c4ccncc4)ncc3C2)nc1. The summed E-state index contributed by atoms with van der Waals surface area (Å²) in [5.41, 5.74) is 4.44. The molecule has 4 heterocycles. The predicted molar refractivity (Wildman–Crippen MR) is 95.0 cm³/mol. The van der Waals surface area contributed by atoms with E-state index in [-0.39, 0.29) is 0 Å². The Morgan fingerprint density at radius 1 is 1.04 bits per heavy atom. The minimum atomic E-state index is 0.777. The van der Waals surface area contributed by atoms with Crippen LogP contribution in [0.3, 0.4) is 0 Å². The molecule has 6 heteroatoms. The summed E-state index contributed by atoms with van der Waals surface area (Å²) in [5.74, 6) is 0.777. The van der Waals surface area contributed by atoms with E-state index in [1.54, 1.807) is 12.4 Å². The maximum Gasteiger partial charge on any atom is 0.159 e. The number of rotatable bonds is 3. The normalized spacial score (nSPS) is 14.4. The molecule has 0 atom stereocenters. The fourth-order valence-corrected chi connectivity index (χ4v) is 3.11. The average Bonchev–Trinajstić information content (AvgIpc) is 2.64. The smallest absolute Gasteiger partial charge is 0.159 e. The van der Waals surface area contributed by atoms with Crippen molar-refractivity contribution < 1.29 is 0 Å². The number of fused-ring (bicyclic) bond motifs is 1. The van der Waals surface area contributed by atoms with Gasteiger partial charge in [0.1, 0.15) is 0 Å². The minimum Gasteiger partial charge on any atom is -0.293 e. The lowest BCUT2D eigenvalue weighted by molar-refractivity contribution is 0.240. The van der Waals surface area contributed by atoms with Crippen molar-refractivity contribution in [3.8, 4) is 11.4 Å². The Hall–Kier alpha value is -2.18. The third-order valence-electron chi connectivity index (χ3n) is 4.13. The van der Waals surface area contributed by atoms with Gasteiger partial charge in [-0.3, -0.25) is 14.9 Å². The number of halogens is 1. The van der Waals surface area contributed by atoms with Gasteiger partial charge in [-0.05, 0) is 40.2 Å². The molecule has 3 aromatic rings. The van der Waals surface area contributed by atoms with E-state index in [0.29, 0.717) is 0 Å². The van der Waals surface area contributed by atoms with E-state index in [9.17, 15) is 0 Å². The van der Waals surface area contributed by atoms with Gasteiger partial charge in [-0.1, -0.05) is 0 Å². The summed E-state index contributed by atoms with van der Waals surface area (Å²) in [6, 6.07) is 7.97. The van der Waals surface area contributed by atoms with Crippen LogP contribution >= 0.6 is 15.9 Å². The first-order valence-electron chi connectivity index (χ1n) is 7.86. The molecule has 0 fully saturated rings. The van der Waals surface area contributed by atoms with Gasteiger partial charge in [0.25, 0.3) is 0 Å². The molecule has 4 rings (SSSR count). The number of aromatic nitrogens is 4. The molecule has 0 aromatic carbocycles. The fourth-order valence-electron chi connectivity index (χ4n) is 2.88. The molecular formula is C18H16BrN5. The predicted octanol–water partition coefficient (Wildman–Crippen LogP) is 3.25. The van der Waals surface area contributed by atoms with E-state index in [1.807, 2.05) is 30.6 Å². The van der Waals surface area contributed by atoms with Crippen LogP contribution < -0.4 is 0 Å². The average molecular weight is 382 g/mol. The highest BCUT2D eigenvalue weighted by Gasteiger charge is 2.19. The first-order valence-corrected chi connectivity index (χ1v) is 8.65.